The Hall–Kier alpha value is -0.830. The number of nitrogens with zero attached hydrogens (tertiary/aromatic N) is 2. The molecule has 0 bridgehead atoms. The minimum absolute atomic E-state index is 0.637. The standard InChI is InChI=1S/C8H13N3/c1-7-4-10-6-11(7)8-2-3-9-5-8/h4,6,8-9H,2-3,5H2,1H3. The first kappa shape index (κ1) is 6.85. The van der Waals surface area contributed by atoms with Crippen molar-refractivity contribution >= 4 is 0 Å². The number of rotatable bonds is 1. The van der Waals surface area contributed by atoms with E-state index in [1.165, 1.54) is 12.1 Å². The van der Waals surface area contributed by atoms with Crippen molar-refractivity contribution in [2.45, 2.75) is 19.4 Å². The van der Waals surface area contributed by atoms with Crippen LogP contribution in [0, 0.1) is 6.92 Å². The van der Waals surface area contributed by atoms with E-state index in [1.807, 2.05) is 12.5 Å². The third-order valence-electron chi connectivity index (χ3n) is 2.29. The largest absolute Gasteiger partial charge is 0.331 e. The molecule has 1 fully saturated rings. The van der Waals surface area contributed by atoms with E-state index in [1.54, 1.807) is 0 Å². The number of imidazole rings is 1. The molecular formula is C8H13N3. The lowest BCUT2D eigenvalue weighted by Crippen LogP contribution is -2.13. The van der Waals surface area contributed by atoms with Gasteiger partial charge in [0.1, 0.15) is 0 Å². The number of nitrogens with one attached hydrogen (secondary N) is 1. The van der Waals surface area contributed by atoms with Crippen molar-refractivity contribution in [1.82, 2.24) is 14.9 Å². The zero-order chi connectivity index (χ0) is 7.68. The van der Waals surface area contributed by atoms with E-state index in [9.17, 15) is 0 Å². The summed E-state index contributed by atoms with van der Waals surface area (Å²) in [6.07, 6.45) is 5.07. The Morgan fingerprint density at radius 1 is 1.73 bits per heavy atom. The molecule has 0 spiro atoms. The zero-order valence-electron chi connectivity index (χ0n) is 6.75. The summed E-state index contributed by atoms with van der Waals surface area (Å²) in [6, 6.07) is 0.637. The fraction of sp³-hybridized carbons (Fsp3) is 0.625. The van der Waals surface area contributed by atoms with Gasteiger partial charge in [-0.2, -0.15) is 0 Å². The van der Waals surface area contributed by atoms with Crippen LogP contribution in [0.25, 0.3) is 0 Å². The van der Waals surface area contributed by atoms with E-state index >= 15 is 0 Å². The van der Waals surface area contributed by atoms with Crippen LogP contribution < -0.4 is 5.32 Å². The third kappa shape index (κ3) is 1.16. The van der Waals surface area contributed by atoms with Crippen molar-refractivity contribution < 1.29 is 0 Å². The monoisotopic (exact) mass is 151 g/mol. The first-order valence-corrected chi connectivity index (χ1v) is 4.07. The average molecular weight is 151 g/mol. The highest BCUT2D eigenvalue weighted by Crippen LogP contribution is 2.16. The van der Waals surface area contributed by atoms with E-state index in [4.69, 9.17) is 0 Å². The quantitative estimate of drug-likeness (QED) is 0.641. The van der Waals surface area contributed by atoms with E-state index in [0.29, 0.717) is 6.04 Å². The summed E-state index contributed by atoms with van der Waals surface area (Å²) in [5.41, 5.74) is 1.26. The van der Waals surface area contributed by atoms with Crippen LogP contribution in [0.3, 0.4) is 0 Å². The molecule has 3 nitrogen and oxygen atoms in total. The Balaban J connectivity index is 2.21. The molecule has 0 radical (unpaired) electrons. The summed E-state index contributed by atoms with van der Waals surface area (Å²) in [6.45, 7) is 4.34. The zero-order valence-corrected chi connectivity index (χ0v) is 6.75. The molecule has 3 heteroatoms. The van der Waals surface area contributed by atoms with E-state index in [2.05, 4.69) is 21.8 Å². The predicted octanol–water partition coefficient (Wildman–Crippen LogP) is 0.726. The van der Waals surface area contributed by atoms with Gasteiger partial charge in [0.25, 0.3) is 0 Å². The molecule has 1 aliphatic rings. The molecular weight excluding hydrogens is 138 g/mol. The van der Waals surface area contributed by atoms with Gasteiger partial charge < -0.3 is 9.88 Å². The number of hydrogen-bond acceptors (Lipinski definition) is 2. The Morgan fingerprint density at radius 2 is 2.64 bits per heavy atom. The normalized spacial score (nSPS) is 24.3. The van der Waals surface area contributed by atoms with Crippen molar-refractivity contribution in [2.75, 3.05) is 13.1 Å². The van der Waals surface area contributed by atoms with E-state index in [-0.39, 0.29) is 0 Å². The van der Waals surface area contributed by atoms with Gasteiger partial charge in [-0.25, -0.2) is 4.98 Å². The minimum Gasteiger partial charge on any atom is -0.331 e. The van der Waals surface area contributed by atoms with Crippen LogP contribution in [0.1, 0.15) is 18.2 Å². The summed E-state index contributed by atoms with van der Waals surface area (Å²) in [7, 11) is 0. The van der Waals surface area contributed by atoms with Gasteiger partial charge in [0.2, 0.25) is 0 Å². The van der Waals surface area contributed by atoms with Gasteiger partial charge in [-0.05, 0) is 19.9 Å². The summed E-state index contributed by atoms with van der Waals surface area (Å²) < 4.78 is 2.25. The van der Waals surface area contributed by atoms with E-state index < -0.39 is 0 Å². The second-order valence-corrected chi connectivity index (χ2v) is 3.09. The highest BCUT2D eigenvalue weighted by molar-refractivity contribution is 4.98. The summed E-state index contributed by atoms with van der Waals surface area (Å²) in [5.74, 6) is 0. The number of aryl methyl sites for hydroxylation is 1. The molecule has 1 unspecified atom stereocenters. The van der Waals surface area contributed by atoms with Crippen molar-refractivity contribution in [3.05, 3.63) is 18.2 Å². The maximum atomic E-state index is 4.10. The van der Waals surface area contributed by atoms with Crippen LogP contribution in [-0.2, 0) is 0 Å². The second kappa shape index (κ2) is 2.66. The Kier molecular flexibility index (Phi) is 1.66. The van der Waals surface area contributed by atoms with Crippen molar-refractivity contribution in [1.29, 1.82) is 0 Å². The van der Waals surface area contributed by atoms with Crippen LogP contribution in [-0.4, -0.2) is 22.6 Å². The minimum atomic E-state index is 0.637. The molecule has 1 aromatic rings. The summed E-state index contributed by atoms with van der Waals surface area (Å²) in [5, 5.41) is 3.34. The highest BCUT2D eigenvalue weighted by Gasteiger charge is 2.16. The van der Waals surface area contributed by atoms with Crippen LogP contribution in [0.4, 0.5) is 0 Å². The van der Waals surface area contributed by atoms with Crippen LogP contribution in [0.15, 0.2) is 12.5 Å². The molecule has 0 amide bonds. The van der Waals surface area contributed by atoms with Gasteiger partial charge in [0.15, 0.2) is 0 Å². The number of hydrogen-bond donors (Lipinski definition) is 1. The maximum Gasteiger partial charge on any atom is 0.0951 e. The van der Waals surface area contributed by atoms with Gasteiger partial charge in [-0.15, -0.1) is 0 Å². The molecule has 1 aliphatic heterocycles. The molecule has 11 heavy (non-hydrogen) atoms. The Bertz CT molecular complexity index is 235. The van der Waals surface area contributed by atoms with Crippen LogP contribution in [0.2, 0.25) is 0 Å². The molecule has 2 rings (SSSR count). The fourth-order valence-electron chi connectivity index (χ4n) is 1.63. The van der Waals surface area contributed by atoms with Crippen LogP contribution >= 0.6 is 0 Å². The Morgan fingerprint density at radius 3 is 3.18 bits per heavy atom. The first-order chi connectivity index (χ1) is 5.38. The van der Waals surface area contributed by atoms with Gasteiger partial charge in [-0.3, -0.25) is 0 Å². The predicted molar refractivity (Wildman–Crippen MR) is 43.5 cm³/mol. The molecule has 0 saturated carbocycles. The Labute approximate surface area is 66.4 Å². The molecule has 60 valence electrons. The van der Waals surface area contributed by atoms with Gasteiger partial charge in [0.05, 0.1) is 6.33 Å². The molecule has 2 heterocycles. The summed E-state index contributed by atoms with van der Waals surface area (Å²) >= 11 is 0. The SMILES string of the molecule is Cc1cncn1C1CCNC1. The van der Waals surface area contributed by atoms with Crippen LogP contribution in [0.5, 0.6) is 0 Å². The van der Waals surface area contributed by atoms with E-state index in [0.717, 1.165) is 13.1 Å². The lowest BCUT2D eigenvalue weighted by molar-refractivity contribution is 0.535. The van der Waals surface area contributed by atoms with Gasteiger partial charge in [0, 0.05) is 24.5 Å². The lowest BCUT2D eigenvalue weighted by atomic mass is 10.2. The topological polar surface area (TPSA) is 29.9 Å². The molecule has 0 aromatic carbocycles. The van der Waals surface area contributed by atoms with Crippen molar-refractivity contribution in [2.24, 2.45) is 0 Å². The molecule has 1 aromatic heterocycles. The van der Waals surface area contributed by atoms with Crippen molar-refractivity contribution in [3.8, 4) is 0 Å². The first-order valence-electron chi connectivity index (χ1n) is 4.07. The maximum absolute atomic E-state index is 4.10. The highest BCUT2D eigenvalue weighted by atomic mass is 15.1. The molecule has 1 N–H and O–H groups in total. The third-order valence-corrected chi connectivity index (χ3v) is 2.29. The fourth-order valence-corrected chi connectivity index (χ4v) is 1.63. The van der Waals surface area contributed by atoms with Crippen molar-refractivity contribution in [3.63, 3.8) is 0 Å². The summed E-state index contributed by atoms with van der Waals surface area (Å²) in [4.78, 5) is 4.10. The second-order valence-electron chi connectivity index (χ2n) is 3.09. The van der Waals surface area contributed by atoms with Gasteiger partial charge in [-0.1, -0.05) is 0 Å². The van der Waals surface area contributed by atoms with Gasteiger partial charge >= 0.3 is 0 Å². The number of aromatic nitrogens is 2. The smallest absolute Gasteiger partial charge is 0.0951 e. The molecule has 1 atom stereocenters. The molecule has 0 aliphatic carbocycles. The average Bonchev–Trinajstić information content (AvgIpc) is 2.55. The lowest BCUT2D eigenvalue weighted by Gasteiger charge is -2.11. The molecule has 1 saturated heterocycles.